The molecule has 1 amide bonds. The molecule has 0 unspecified atom stereocenters. The highest BCUT2D eigenvalue weighted by atomic mass is 16.5. The number of nitrogens with one attached hydrogen (secondary N) is 1. The number of hydrogen-bond donors (Lipinski definition) is 1. The summed E-state index contributed by atoms with van der Waals surface area (Å²) < 4.78 is 5.57. The predicted octanol–water partition coefficient (Wildman–Crippen LogP) is 1.62. The van der Waals surface area contributed by atoms with Crippen LogP contribution in [-0.2, 0) is 9.53 Å². The molecule has 0 saturated carbocycles. The number of carbonyl (C=O) groups excluding carboxylic acids is 1. The van der Waals surface area contributed by atoms with Gasteiger partial charge in [-0.2, -0.15) is 0 Å². The quantitative estimate of drug-likeness (QED) is 0.835. The number of hydrogen-bond acceptors (Lipinski definition) is 4. The van der Waals surface area contributed by atoms with Gasteiger partial charge in [0.1, 0.15) is 0 Å². The molecule has 132 valence electrons. The average Bonchev–Trinajstić information content (AvgIpc) is 2.93. The lowest BCUT2D eigenvalue weighted by atomic mass is 10.0. The molecule has 0 aromatic heterocycles. The number of nitrogens with zero attached hydrogens (tertiary/aromatic N) is 2. The molecule has 3 aliphatic rings. The lowest BCUT2D eigenvalue weighted by molar-refractivity contribution is -0.123. The van der Waals surface area contributed by atoms with Gasteiger partial charge >= 0.3 is 0 Å². The first-order chi connectivity index (χ1) is 11.3. The van der Waals surface area contributed by atoms with Gasteiger partial charge in [0, 0.05) is 25.7 Å². The monoisotopic (exact) mass is 323 g/mol. The molecule has 2 atom stereocenters. The van der Waals surface area contributed by atoms with E-state index in [1.165, 1.54) is 51.6 Å². The minimum atomic E-state index is 0.164. The number of rotatable bonds is 5. The van der Waals surface area contributed by atoms with E-state index in [1.54, 1.807) is 0 Å². The fraction of sp³-hybridized carbons (Fsp3) is 0.944. The second kappa shape index (κ2) is 9.00. The molecule has 3 heterocycles. The molecule has 3 aliphatic heterocycles. The number of piperidine rings is 1. The van der Waals surface area contributed by atoms with Gasteiger partial charge < -0.3 is 10.1 Å². The van der Waals surface area contributed by atoms with Crippen molar-refractivity contribution >= 4 is 5.91 Å². The summed E-state index contributed by atoms with van der Waals surface area (Å²) in [6, 6.07) is 0.660. The molecule has 5 nitrogen and oxygen atoms in total. The van der Waals surface area contributed by atoms with Crippen LogP contribution in [0.15, 0.2) is 0 Å². The van der Waals surface area contributed by atoms with Crippen LogP contribution in [-0.4, -0.2) is 73.7 Å². The third-order valence-electron chi connectivity index (χ3n) is 5.56. The van der Waals surface area contributed by atoms with Crippen molar-refractivity contribution in [2.45, 2.75) is 63.5 Å². The second-order valence-electron chi connectivity index (χ2n) is 7.42. The van der Waals surface area contributed by atoms with Crippen molar-refractivity contribution in [3.05, 3.63) is 0 Å². The summed E-state index contributed by atoms with van der Waals surface area (Å²) in [5, 5.41) is 3.06. The largest absolute Gasteiger partial charge is 0.376 e. The molecule has 5 heteroatoms. The molecule has 23 heavy (non-hydrogen) atoms. The molecular weight excluding hydrogens is 290 g/mol. The highest BCUT2D eigenvalue weighted by molar-refractivity contribution is 5.78. The second-order valence-corrected chi connectivity index (χ2v) is 7.42. The first-order valence-corrected chi connectivity index (χ1v) is 9.66. The van der Waals surface area contributed by atoms with Crippen molar-refractivity contribution < 1.29 is 9.53 Å². The third-order valence-corrected chi connectivity index (χ3v) is 5.56. The standard InChI is InChI=1S/C18H33N3O2/c22-18(19-13-17-8-6-12-23-17)15-20-9-5-7-16(14-20)21-10-3-1-2-4-11-21/h16-17H,1-15H2,(H,19,22)/t16-,17+/m0/s1. The molecule has 0 radical (unpaired) electrons. The Hall–Kier alpha value is -0.650. The van der Waals surface area contributed by atoms with Crippen LogP contribution in [0.25, 0.3) is 0 Å². The number of ether oxygens (including phenoxy) is 1. The minimum Gasteiger partial charge on any atom is -0.376 e. The van der Waals surface area contributed by atoms with Crippen molar-refractivity contribution in [3.63, 3.8) is 0 Å². The van der Waals surface area contributed by atoms with Gasteiger partial charge in [0.15, 0.2) is 0 Å². The summed E-state index contributed by atoms with van der Waals surface area (Å²) in [5.41, 5.74) is 0. The summed E-state index contributed by atoms with van der Waals surface area (Å²) >= 11 is 0. The van der Waals surface area contributed by atoms with E-state index in [0.29, 0.717) is 19.1 Å². The maximum atomic E-state index is 12.2. The zero-order chi connectivity index (χ0) is 15.9. The van der Waals surface area contributed by atoms with Gasteiger partial charge in [0.2, 0.25) is 5.91 Å². The Kier molecular flexibility index (Phi) is 6.72. The molecule has 1 N–H and O–H groups in total. The fourth-order valence-electron chi connectivity index (χ4n) is 4.23. The number of likely N-dealkylation sites (tertiary alicyclic amines) is 2. The van der Waals surface area contributed by atoms with Crippen LogP contribution in [0.4, 0.5) is 0 Å². The summed E-state index contributed by atoms with van der Waals surface area (Å²) in [7, 11) is 0. The summed E-state index contributed by atoms with van der Waals surface area (Å²) in [5.74, 6) is 0.164. The van der Waals surface area contributed by atoms with E-state index in [2.05, 4.69) is 15.1 Å². The SMILES string of the molecule is O=C(CN1CCC[C@H](N2CCCCCC2)C1)NC[C@H]1CCCO1. The smallest absolute Gasteiger partial charge is 0.234 e. The lowest BCUT2D eigenvalue weighted by Gasteiger charge is -2.38. The molecule has 3 fully saturated rings. The normalized spacial score (nSPS) is 31.0. The van der Waals surface area contributed by atoms with Gasteiger partial charge in [-0.3, -0.25) is 14.6 Å². The number of amides is 1. The molecule has 0 aromatic carbocycles. The van der Waals surface area contributed by atoms with Gasteiger partial charge in [0.25, 0.3) is 0 Å². The van der Waals surface area contributed by atoms with Crippen LogP contribution in [0.3, 0.4) is 0 Å². The van der Waals surface area contributed by atoms with Gasteiger partial charge in [-0.25, -0.2) is 0 Å². The maximum Gasteiger partial charge on any atom is 0.234 e. The van der Waals surface area contributed by atoms with Crippen molar-refractivity contribution in [3.8, 4) is 0 Å². The Morgan fingerprint density at radius 2 is 1.83 bits per heavy atom. The first-order valence-electron chi connectivity index (χ1n) is 9.66. The van der Waals surface area contributed by atoms with Crippen LogP contribution in [0.2, 0.25) is 0 Å². The Balaban J connectivity index is 1.39. The molecular formula is C18H33N3O2. The van der Waals surface area contributed by atoms with E-state index in [1.807, 2.05) is 0 Å². The highest BCUT2D eigenvalue weighted by Crippen LogP contribution is 2.20. The van der Waals surface area contributed by atoms with Crippen LogP contribution >= 0.6 is 0 Å². The van der Waals surface area contributed by atoms with Crippen LogP contribution in [0, 0.1) is 0 Å². The van der Waals surface area contributed by atoms with Crippen LogP contribution in [0.5, 0.6) is 0 Å². The molecule has 0 aromatic rings. The Labute approximate surface area is 140 Å². The van der Waals surface area contributed by atoms with E-state index in [9.17, 15) is 4.79 Å². The molecule has 0 aliphatic carbocycles. The number of carbonyl (C=O) groups is 1. The van der Waals surface area contributed by atoms with E-state index in [0.717, 1.165) is 32.5 Å². The van der Waals surface area contributed by atoms with Crippen molar-refractivity contribution in [2.24, 2.45) is 0 Å². The Morgan fingerprint density at radius 3 is 2.57 bits per heavy atom. The lowest BCUT2D eigenvalue weighted by Crippen LogP contribution is -2.51. The molecule has 0 spiro atoms. The molecule has 0 bridgehead atoms. The topological polar surface area (TPSA) is 44.8 Å². The summed E-state index contributed by atoms with van der Waals surface area (Å²) in [6.45, 7) is 6.72. The highest BCUT2D eigenvalue weighted by Gasteiger charge is 2.26. The Morgan fingerprint density at radius 1 is 1.00 bits per heavy atom. The molecule has 3 rings (SSSR count). The third kappa shape index (κ3) is 5.44. The fourth-order valence-corrected chi connectivity index (χ4v) is 4.23. The van der Waals surface area contributed by atoms with Crippen molar-refractivity contribution in [1.82, 2.24) is 15.1 Å². The first kappa shape index (κ1) is 17.2. The van der Waals surface area contributed by atoms with Gasteiger partial charge in [-0.05, 0) is 58.2 Å². The molecule has 3 saturated heterocycles. The predicted molar refractivity (Wildman–Crippen MR) is 91.5 cm³/mol. The average molecular weight is 323 g/mol. The van der Waals surface area contributed by atoms with Crippen molar-refractivity contribution in [2.75, 3.05) is 45.9 Å². The minimum absolute atomic E-state index is 0.164. The maximum absolute atomic E-state index is 12.2. The van der Waals surface area contributed by atoms with Gasteiger partial charge in [-0.1, -0.05) is 12.8 Å². The van der Waals surface area contributed by atoms with E-state index < -0.39 is 0 Å². The van der Waals surface area contributed by atoms with Gasteiger partial charge in [-0.15, -0.1) is 0 Å². The van der Waals surface area contributed by atoms with E-state index in [4.69, 9.17) is 4.74 Å². The van der Waals surface area contributed by atoms with E-state index in [-0.39, 0.29) is 12.0 Å². The zero-order valence-corrected chi connectivity index (χ0v) is 14.5. The van der Waals surface area contributed by atoms with Crippen LogP contribution in [0.1, 0.15) is 51.4 Å². The summed E-state index contributed by atoms with van der Waals surface area (Å²) in [4.78, 5) is 17.2. The summed E-state index contributed by atoms with van der Waals surface area (Å²) in [6.07, 6.45) is 10.4. The van der Waals surface area contributed by atoms with Crippen molar-refractivity contribution in [1.29, 1.82) is 0 Å². The van der Waals surface area contributed by atoms with Gasteiger partial charge in [0.05, 0.1) is 12.6 Å². The van der Waals surface area contributed by atoms with Crippen LogP contribution < -0.4 is 5.32 Å². The van der Waals surface area contributed by atoms with E-state index >= 15 is 0 Å². The zero-order valence-electron chi connectivity index (χ0n) is 14.5. The Bertz CT molecular complexity index is 363.